The fourth-order valence-electron chi connectivity index (χ4n) is 4.19. The highest BCUT2D eigenvalue weighted by Gasteiger charge is 2.34. The minimum absolute atomic E-state index is 0.224. The minimum Gasteiger partial charge on any atom is -0.494 e. The van der Waals surface area contributed by atoms with Crippen LogP contribution >= 0.6 is 0 Å². The molecule has 0 spiro atoms. The van der Waals surface area contributed by atoms with Gasteiger partial charge in [0.2, 0.25) is 6.79 Å². The third-order valence-corrected chi connectivity index (χ3v) is 5.44. The van der Waals surface area contributed by atoms with E-state index in [0.29, 0.717) is 19.1 Å². The lowest BCUT2D eigenvalue weighted by atomic mass is 9.92. The molecule has 0 radical (unpaired) electrons. The number of aldehydes is 1. The Morgan fingerprint density at radius 3 is 2.74 bits per heavy atom. The Morgan fingerprint density at radius 2 is 2.00 bits per heavy atom. The van der Waals surface area contributed by atoms with Crippen LogP contribution in [0.2, 0.25) is 0 Å². The lowest BCUT2D eigenvalue weighted by molar-refractivity contribution is -0.109. The molecule has 1 unspecified atom stereocenters. The normalized spacial score (nSPS) is 21.4. The van der Waals surface area contributed by atoms with Gasteiger partial charge in [0, 0.05) is 12.6 Å². The van der Waals surface area contributed by atoms with E-state index >= 15 is 0 Å². The number of hydrogen-bond acceptors (Lipinski definition) is 5. The van der Waals surface area contributed by atoms with Crippen LogP contribution in [0.1, 0.15) is 42.0 Å². The standard InChI is InChI=1S/C22H25NO4/c1-3-25-19-6-4-16(5-7-19)20-11-18(13-23(20)8-9-24)17-10-15(2)22-21(12-17)26-14-27-22/h4-7,9-10,12,18,20H,3,8,11,13-14H2,1-2H3/t18?,20-/m1/s1. The summed E-state index contributed by atoms with van der Waals surface area (Å²) in [5.41, 5.74) is 3.58. The third kappa shape index (κ3) is 3.52. The molecule has 2 heterocycles. The largest absolute Gasteiger partial charge is 0.494 e. The zero-order valence-corrected chi connectivity index (χ0v) is 15.8. The Hall–Kier alpha value is -2.53. The molecule has 2 atom stereocenters. The molecule has 0 aromatic heterocycles. The first-order valence-corrected chi connectivity index (χ1v) is 9.50. The van der Waals surface area contributed by atoms with Gasteiger partial charge in [-0.05, 0) is 61.1 Å². The molecule has 0 saturated carbocycles. The predicted molar refractivity (Wildman–Crippen MR) is 103 cm³/mol. The molecule has 4 rings (SSSR count). The van der Waals surface area contributed by atoms with Crippen molar-refractivity contribution in [1.82, 2.24) is 4.90 Å². The maximum atomic E-state index is 11.2. The number of fused-ring (bicyclic) bond motifs is 1. The van der Waals surface area contributed by atoms with E-state index < -0.39 is 0 Å². The molecule has 0 bridgehead atoms. The summed E-state index contributed by atoms with van der Waals surface area (Å²) < 4.78 is 16.7. The molecular formula is C22H25NO4. The van der Waals surface area contributed by atoms with E-state index in [1.165, 1.54) is 11.1 Å². The number of likely N-dealkylation sites (tertiary alicyclic amines) is 1. The number of benzene rings is 2. The molecule has 5 heteroatoms. The van der Waals surface area contributed by atoms with Crippen LogP contribution in [0.15, 0.2) is 36.4 Å². The zero-order valence-electron chi connectivity index (χ0n) is 15.8. The van der Waals surface area contributed by atoms with Gasteiger partial charge in [-0.2, -0.15) is 0 Å². The van der Waals surface area contributed by atoms with Gasteiger partial charge in [-0.3, -0.25) is 4.90 Å². The first-order chi connectivity index (χ1) is 13.2. The Kier molecular flexibility index (Phi) is 5.03. The van der Waals surface area contributed by atoms with Crippen molar-refractivity contribution >= 4 is 6.29 Å². The maximum absolute atomic E-state index is 11.2. The number of carbonyl (C=O) groups excluding carboxylic acids is 1. The first kappa shape index (κ1) is 17.9. The van der Waals surface area contributed by atoms with Crippen LogP contribution in [0.5, 0.6) is 17.2 Å². The average molecular weight is 367 g/mol. The molecule has 2 aliphatic rings. The van der Waals surface area contributed by atoms with E-state index in [4.69, 9.17) is 14.2 Å². The van der Waals surface area contributed by atoms with Crippen molar-refractivity contribution in [2.24, 2.45) is 0 Å². The average Bonchev–Trinajstić information content (AvgIpc) is 3.30. The van der Waals surface area contributed by atoms with Crippen LogP contribution in [0.3, 0.4) is 0 Å². The van der Waals surface area contributed by atoms with Crippen molar-refractivity contribution in [2.45, 2.75) is 32.2 Å². The molecule has 142 valence electrons. The van der Waals surface area contributed by atoms with Gasteiger partial charge in [0.15, 0.2) is 11.5 Å². The molecule has 1 saturated heterocycles. The van der Waals surface area contributed by atoms with E-state index in [-0.39, 0.29) is 12.8 Å². The number of rotatable bonds is 6. The second-order valence-electron chi connectivity index (χ2n) is 7.14. The molecule has 2 aliphatic heterocycles. The number of ether oxygens (including phenoxy) is 3. The maximum Gasteiger partial charge on any atom is 0.231 e. The smallest absolute Gasteiger partial charge is 0.231 e. The monoisotopic (exact) mass is 367 g/mol. The number of carbonyl (C=O) groups is 1. The summed E-state index contributed by atoms with van der Waals surface area (Å²) in [5, 5.41) is 0. The van der Waals surface area contributed by atoms with Crippen molar-refractivity contribution in [3.63, 3.8) is 0 Å². The van der Waals surface area contributed by atoms with Crippen LogP contribution in [-0.4, -0.2) is 37.7 Å². The van der Waals surface area contributed by atoms with Gasteiger partial charge >= 0.3 is 0 Å². The van der Waals surface area contributed by atoms with Gasteiger partial charge < -0.3 is 19.0 Å². The van der Waals surface area contributed by atoms with Gasteiger partial charge in [-0.1, -0.05) is 18.2 Å². The molecular weight excluding hydrogens is 342 g/mol. The summed E-state index contributed by atoms with van der Waals surface area (Å²) in [6, 6.07) is 12.8. The summed E-state index contributed by atoms with van der Waals surface area (Å²) in [5.74, 6) is 2.92. The zero-order chi connectivity index (χ0) is 18.8. The van der Waals surface area contributed by atoms with Crippen molar-refractivity contribution < 1.29 is 19.0 Å². The summed E-state index contributed by atoms with van der Waals surface area (Å²) in [4.78, 5) is 13.5. The van der Waals surface area contributed by atoms with E-state index in [1.807, 2.05) is 19.1 Å². The topological polar surface area (TPSA) is 48.0 Å². The molecule has 27 heavy (non-hydrogen) atoms. The summed E-state index contributed by atoms with van der Waals surface area (Å²) in [6.45, 7) is 6.28. The SMILES string of the molecule is CCOc1ccc([C@H]2CC(c3cc(C)c4c(c3)OCO4)CN2CC=O)cc1. The van der Waals surface area contributed by atoms with Gasteiger partial charge in [-0.25, -0.2) is 0 Å². The van der Waals surface area contributed by atoms with Crippen LogP contribution in [-0.2, 0) is 4.79 Å². The van der Waals surface area contributed by atoms with Gasteiger partial charge in [-0.15, -0.1) is 0 Å². The molecule has 1 fully saturated rings. The number of aryl methyl sites for hydroxylation is 1. The fourth-order valence-corrected chi connectivity index (χ4v) is 4.19. The van der Waals surface area contributed by atoms with E-state index in [1.54, 1.807) is 0 Å². The Labute approximate surface area is 159 Å². The fraction of sp³-hybridized carbons (Fsp3) is 0.409. The molecule has 2 aromatic rings. The highest BCUT2D eigenvalue weighted by Crippen LogP contribution is 2.44. The summed E-state index contributed by atoms with van der Waals surface area (Å²) in [6.07, 6.45) is 1.97. The highest BCUT2D eigenvalue weighted by molar-refractivity contribution is 5.53. The van der Waals surface area contributed by atoms with Crippen LogP contribution in [0, 0.1) is 6.92 Å². The van der Waals surface area contributed by atoms with Gasteiger partial charge in [0.1, 0.15) is 12.0 Å². The lowest BCUT2D eigenvalue weighted by Gasteiger charge is -2.22. The summed E-state index contributed by atoms with van der Waals surface area (Å²) in [7, 11) is 0. The van der Waals surface area contributed by atoms with Gasteiger partial charge in [0.05, 0.1) is 13.2 Å². The van der Waals surface area contributed by atoms with Crippen LogP contribution in [0.25, 0.3) is 0 Å². The molecule has 0 aliphatic carbocycles. The Balaban J connectivity index is 1.58. The Bertz CT molecular complexity index is 818. The summed E-state index contributed by atoms with van der Waals surface area (Å²) >= 11 is 0. The van der Waals surface area contributed by atoms with Gasteiger partial charge in [0.25, 0.3) is 0 Å². The van der Waals surface area contributed by atoms with Crippen molar-refractivity contribution in [1.29, 1.82) is 0 Å². The van der Waals surface area contributed by atoms with E-state index in [0.717, 1.165) is 42.1 Å². The van der Waals surface area contributed by atoms with Crippen molar-refractivity contribution in [3.8, 4) is 17.2 Å². The number of hydrogen-bond donors (Lipinski definition) is 0. The highest BCUT2D eigenvalue weighted by atomic mass is 16.7. The van der Waals surface area contributed by atoms with Crippen LogP contribution < -0.4 is 14.2 Å². The van der Waals surface area contributed by atoms with Crippen molar-refractivity contribution in [3.05, 3.63) is 53.1 Å². The molecule has 5 nitrogen and oxygen atoms in total. The second-order valence-corrected chi connectivity index (χ2v) is 7.14. The third-order valence-electron chi connectivity index (χ3n) is 5.44. The minimum atomic E-state index is 0.224. The predicted octanol–water partition coefficient (Wildman–Crippen LogP) is 3.85. The van der Waals surface area contributed by atoms with E-state index in [9.17, 15) is 4.79 Å². The second kappa shape index (κ2) is 7.61. The lowest BCUT2D eigenvalue weighted by Crippen LogP contribution is -2.25. The first-order valence-electron chi connectivity index (χ1n) is 9.50. The van der Waals surface area contributed by atoms with E-state index in [2.05, 4.69) is 36.1 Å². The molecule has 2 aromatic carbocycles. The Morgan fingerprint density at radius 1 is 1.19 bits per heavy atom. The van der Waals surface area contributed by atoms with Crippen molar-refractivity contribution in [2.75, 3.05) is 26.5 Å². The molecule has 0 N–H and O–H groups in total. The quantitative estimate of drug-likeness (QED) is 0.726. The molecule has 0 amide bonds. The number of nitrogens with zero attached hydrogens (tertiary/aromatic N) is 1. The van der Waals surface area contributed by atoms with Crippen LogP contribution in [0.4, 0.5) is 0 Å².